The number of nitrogens with one attached hydrogen (secondary N) is 1. The van der Waals surface area contributed by atoms with E-state index in [1.165, 1.54) is 0 Å². The molecule has 1 amide bonds. The quantitative estimate of drug-likeness (QED) is 0.677. The first-order valence-electron chi connectivity index (χ1n) is 6.24. The van der Waals surface area contributed by atoms with E-state index < -0.39 is 0 Å². The molecule has 0 unspecified atom stereocenters. The molecule has 20 heavy (non-hydrogen) atoms. The molecule has 2 aromatic carbocycles. The molecule has 2 rings (SSSR count). The molecule has 0 saturated carbocycles. The van der Waals surface area contributed by atoms with Gasteiger partial charge in [0.05, 0.1) is 5.71 Å². The highest BCUT2D eigenvalue weighted by molar-refractivity contribution is 6.34. The Morgan fingerprint density at radius 2 is 1.90 bits per heavy atom. The molecule has 3 nitrogen and oxygen atoms in total. The third kappa shape index (κ3) is 3.45. The molecule has 0 aliphatic carbocycles. The van der Waals surface area contributed by atoms with Crippen LogP contribution in [0, 0.1) is 6.92 Å². The van der Waals surface area contributed by atoms with E-state index in [0.717, 1.165) is 11.1 Å². The van der Waals surface area contributed by atoms with E-state index in [4.69, 9.17) is 11.6 Å². The molecule has 4 heteroatoms. The number of nitrogens with zero attached hydrogens (tertiary/aromatic N) is 1. The van der Waals surface area contributed by atoms with Crippen LogP contribution in [0.15, 0.2) is 53.6 Å². The minimum Gasteiger partial charge on any atom is -0.267 e. The summed E-state index contributed by atoms with van der Waals surface area (Å²) in [6.07, 6.45) is 0. The maximum atomic E-state index is 12.0. The lowest BCUT2D eigenvalue weighted by Crippen LogP contribution is -2.19. The summed E-state index contributed by atoms with van der Waals surface area (Å²) >= 11 is 6.08. The van der Waals surface area contributed by atoms with Gasteiger partial charge in [-0.1, -0.05) is 47.5 Å². The first kappa shape index (κ1) is 14.3. The summed E-state index contributed by atoms with van der Waals surface area (Å²) in [5, 5.41) is 4.70. The lowest BCUT2D eigenvalue weighted by atomic mass is 10.1. The van der Waals surface area contributed by atoms with Crippen LogP contribution < -0.4 is 5.43 Å². The smallest absolute Gasteiger partial charge is 0.267 e. The van der Waals surface area contributed by atoms with Crippen molar-refractivity contribution >= 4 is 23.2 Å². The van der Waals surface area contributed by atoms with Crippen molar-refractivity contribution in [3.63, 3.8) is 0 Å². The molecular formula is C16H15ClN2O. The third-order valence-corrected chi connectivity index (χ3v) is 3.20. The molecule has 0 saturated heterocycles. The summed E-state index contributed by atoms with van der Waals surface area (Å²) in [5.74, 6) is -0.236. The van der Waals surface area contributed by atoms with Gasteiger partial charge >= 0.3 is 0 Å². The van der Waals surface area contributed by atoms with E-state index in [9.17, 15) is 4.79 Å². The van der Waals surface area contributed by atoms with Gasteiger partial charge in [-0.25, -0.2) is 5.43 Å². The SMILES string of the molecule is C/C(=N\NC(=O)c1cccc(C)c1)c1ccccc1Cl. The van der Waals surface area contributed by atoms with Crippen molar-refractivity contribution in [3.05, 3.63) is 70.2 Å². The molecular weight excluding hydrogens is 272 g/mol. The van der Waals surface area contributed by atoms with Gasteiger partial charge in [-0.15, -0.1) is 0 Å². The number of aryl methyl sites for hydroxylation is 1. The number of halogens is 1. The Labute approximate surface area is 123 Å². The first-order chi connectivity index (χ1) is 9.58. The second kappa shape index (κ2) is 6.35. The van der Waals surface area contributed by atoms with Gasteiger partial charge in [0, 0.05) is 16.1 Å². The van der Waals surface area contributed by atoms with Crippen LogP contribution in [0.5, 0.6) is 0 Å². The number of hydrogen-bond acceptors (Lipinski definition) is 2. The number of benzene rings is 2. The molecule has 0 aliphatic heterocycles. The Hall–Kier alpha value is -2.13. The summed E-state index contributed by atoms with van der Waals surface area (Å²) in [4.78, 5) is 12.0. The molecule has 102 valence electrons. The van der Waals surface area contributed by atoms with Crippen molar-refractivity contribution in [2.45, 2.75) is 13.8 Å². The van der Waals surface area contributed by atoms with Gasteiger partial charge in [-0.3, -0.25) is 4.79 Å². The summed E-state index contributed by atoms with van der Waals surface area (Å²) in [7, 11) is 0. The van der Waals surface area contributed by atoms with Gasteiger partial charge < -0.3 is 0 Å². The summed E-state index contributed by atoms with van der Waals surface area (Å²) in [5.41, 5.74) is 5.63. The standard InChI is InChI=1S/C16H15ClN2O/c1-11-6-5-7-13(10-11)16(20)19-18-12(2)14-8-3-4-9-15(14)17/h3-10H,1-2H3,(H,19,20)/b18-12+. The molecule has 0 aliphatic rings. The zero-order chi connectivity index (χ0) is 14.5. The Bertz CT molecular complexity index is 665. The summed E-state index contributed by atoms with van der Waals surface area (Å²) in [6, 6.07) is 14.7. The molecule has 0 bridgehead atoms. The van der Waals surface area contributed by atoms with Gasteiger partial charge in [0.25, 0.3) is 5.91 Å². The van der Waals surface area contributed by atoms with Crippen molar-refractivity contribution in [1.29, 1.82) is 0 Å². The maximum Gasteiger partial charge on any atom is 0.271 e. The van der Waals surface area contributed by atoms with Crippen LogP contribution in [0.3, 0.4) is 0 Å². The largest absolute Gasteiger partial charge is 0.271 e. The number of hydrogen-bond donors (Lipinski definition) is 1. The molecule has 0 aromatic heterocycles. The fourth-order valence-electron chi connectivity index (χ4n) is 1.80. The van der Waals surface area contributed by atoms with Gasteiger partial charge in [0.15, 0.2) is 0 Å². The average Bonchev–Trinajstić information content (AvgIpc) is 2.45. The molecule has 0 fully saturated rings. The van der Waals surface area contributed by atoms with E-state index in [2.05, 4.69) is 10.5 Å². The molecule has 1 N–H and O–H groups in total. The minimum atomic E-state index is -0.236. The highest BCUT2D eigenvalue weighted by Gasteiger charge is 2.06. The number of carbonyl (C=O) groups is 1. The molecule has 0 heterocycles. The zero-order valence-corrected chi connectivity index (χ0v) is 12.1. The first-order valence-corrected chi connectivity index (χ1v) is 6.62. The monoisotopic (exact) mass is 286 g/mol. The van der Waals surface area contributed by atoms with Crippen molar-refractivity contribution in [1.82, 2.24) is 5.43 Å². The lowest BCUT2D eigenvalue weighted by Gasteiger charge is -2.05. The summed E-state index contributed by atoms with van der Waals surface area (Å²) in [6.45, 7) is 3.74. The second-order valence-electron chi connectivity index (χ2n) is 4.49. The van der Waals surface area contributed by atoms with Crippen molar-refractivity contribution in [2.75, 3.05) is 0 Å². The van der Waals surface area contributed by atoms with E-state index in [1.807, 2.05) is 43.3 Å². The zero-order valence-electron chi connectivity index (χ0n) is 11.4. The van der Waals surface area contributed by atoms with E-state index in [0.29, 0.717) is 16.3 Å². The van der Waals surface area contributed by atoms with E-state index in [1.54, 1.807) is 19.1 Å². The van der Waals surface area contributed by atoms with Crippen LogP contribution in [0.1, 0.15) is 28.4 Å². The number of amides is 1. The van der Waals surface area contributed by atoms with E-state index >= 15 is 0 Å². The normalized spacial score (nSPS) is 11.2. The molecule has 0 radical (unpaired) electrons. The third-order valence-electron chi connectivity index (χ3n) is 2.87. The van der Waals surface area contributed by atoms with Crippen LogP contribution in [-0.4, -0.2) is 11.6 Å². The molecule has 0 spiro atoms. The van der Waals surface area contributed by atoms with Gasteiger partial charge in [-0.2, -0.15) is 5.10 Å². The van der Waals surface area contributed by atoms with Crippen molar-refractivity contribution < 1.29 is 4.79 Å². The molecule has 0 atom stereocenters. The Kier molecular flexibility index (Phi) is 4.53. The van der Waals surface area contributed by atoms with Gasteiger partial charge in [0.2, 0.25) is 0 Å². The highest BCUT2D eigenvalue weighted by Crippen LogP contribution is 2.15. The fourth-order valence-corrected chi connectivity index (χ4v) is 2.07. The second-order valence-corrected chi connectivity index (χ2v) is 4.89. The van der Waals surface area contributed by atoms with Gasteiger partial charge in [-0.05, 0) is 32.0 Å². The topological polar surface area (TPSA) is 41.5 Å². The van der Waals surface area contributed by atoms with Crippen molar-refractivity contribution in [2.24, 2.45) is 5.10 Å². The minimum absolute atomic E-state index is 0.236. The van der Waals surface area contributed by atoms with E-state index in [-0.39, 0.29) is 5.91 Å². The maximum absolute atomic E-state index is 12.0. The molecule has 2 aromatic rings. The van der Waals surface area contributed by atoms with Crippen LogP contribution in [0.2, 0.25) is 5.02 Å². The number of rotatable bonds is 3. The van der Waals surface area contributed by atoms with Crippen molar-refractivity contribution in [3.8, 4) is 0 Å². The van der Waals surface area contributed by atoms with Gasteiger partial charge in [0.1, 0.15) is 0 Å². The predicted molar refractivity (Wildman–Crippen MR) is 82.3 cm³/mol. The predicted octanol–water partition coefficient (Wildman–Crippen LogP) is 3.80. The highest BCUT2D eigenvalue weighted by atomic mass is 35.5. The Balaban J connectivity index is 2.13. The lowest BCUT2D eigenvalue weighted by molar-refractivity contribution is 0.0954. The van der Waals surface area contributed by atoms with Crippen LogP contribution in [0.25, 0.3) is 0 Å². The van der Waals surface area contributed by atoms with Crippen LogP contribution in [0.4, 0.5) is 0 Å². The van der Waals surface area contributed by atoms with Crippen LogP contribution >= 0.6 is 11.6 Å². The Morgan fingerprint density at radius 1 is 1.15 bits per heavy atom. The number of carbonyl (C=O) groups excluding carboxylic acids is 1. The van der Waals surface area contributed by atoms with Crippen LogP contribution in [-0.2, 0) is 0 Å². The Morgan fingerprint density at radius 3 is 2.60 bits per heavy atom. The fraction of sp³-hybridized carbons (Fsp3) is 0.125. The number of hydrazone groups is 1. The summed E-state index contributed by atoms with van der Waals surface area (Å²) < 4.78 is 0. The average molecular weight is 287 g/mol.